The largest absolute Gasteiger partial charge is 0.494 e. The molecule has 6 N–H and O–H groups in total. The molecule has 3 amide bonds. The number of amides is 3. The van der Waals surface area contributed by atoms with E-state index >= 15 is 0 Å². The number of nitrogens with zero attached hydrogens (tertiary/aromatic N) is 9. The number of carbonyl (C=O) groups is 3. The molecule has 434 valence electrons. The number of nitrogens with one attached hydrogen (secondary N) is 3. The van der Waals surface area contributed by atoms with Crippen LogP contribution >= 0.6 is 11.3 Å². The second kappa shape index (κ2) is 25.6. The third-order valence-electron chi connectivity index (χ3n) is 16.1. The fourth-order valence-corrected chi connectivity index (χ4v) is 12.2. The lowest BCUT2D eigenvalue weighted by Gasteiger charge is -2.41. The van der Waals surface area contributed by atoms with Gasteiger partial charge in [0.2, 0.25) is 17.7 Å². The van der Waals surface area contributed by atoms with Crippen molar-refractivity contribution in [1.82, 2.24) is 49.9 Å². The van der Waals surface area contributed by atoms with E-state index in [1.165, 1.54) is 30.5 Å². The lowest BCUT2D eigenvalue weighted by molar-refractivity contribution is -0.144. The first-order valence-corrected chi connectivity index (χ1v) is 29.0. The highest BCUT2D eigenvalue weighted by Crippen LogP contribution is 2.35. The van der Waals surface area contributed by atoms with Crippen LogP contribution in [0.3, 0.4) is 0 Å². The van der Waals surface area contributed by atoms with Gasteiger partial charge in [-0.05, 0) is 105 Å². The van der Waals surface area contributed by atoms with Gasteiger partial charge in [-0.15, -0.1) is 11.3 Å². The fourth-order valence-electron chi connectivity index (χ4n) is 11.4. The van der Waals surface area contributed by atoms with Crippen LogP contribution in [0.5, 0.6) is 5.75 Å². The minimum absolute atomic E-state index is 0.00735. The Hall–Kier alpha value is -6.75. The first-order chi connectivity index (χ1) is 38.8. The maximum absolute atomic E-state index is 14.9. The molecule has 18 nitrogen and oxygen atoms in total. The molecule has 5 atom stereocenters. The number of hydrogen-bond acceptors (Lipinski definition) is 15. The number of piperidine rings is 2. The number of halogens is 3. The Kier molecular flexibility index (Phi) is 18.6. The van der Waals surface area contributed by atoms with Crippen LogP contribution in [-0.2, 0) is 20.9 Å². The Morgan fingerprint density at radius 2 is 1.70 bits per heavy atom. The number of ether oxygens (including phenoxy) is 1. The molecule has 0 saturated carbocycles. The molecule has 0 radical (unpaired) electrons. The van der Waals surface area contributed by atoms with E-state index in [4.69, 9.17) is 15.5 Å². The van der Waals surface area contributed by atoms with E-state index in [-0.39, 0.29) is 74.5 Å². The summed E-state index contributed by atoms with van der Waals surface area (Å²) in [5.74, 6) is -0.751. The van der Waals surface area contributed by atoms with Crippen molar-refractivity contribution in [3.05, 3.63) is 95.5 Å². The molecule has 7 heterocycles. The van der Waals surface area contributed by atoms with Crippen LogP contribution in [0.2, 0.25) is 0 Å². The second-order valence-electron chi connectivity index (χ2n) is 23.2. The summed E-state index contributed by atoms with van der Waals surface area (Å²) in [5, 5.41) is 20.4. The Labute approximate surface area is 475 Å². The van der Waals surface area contributed by atoms with E-state index in [1.54, 1.807) is 29.9 Å². The molecule has 3 aliphatic rings. The second-order valence-corrected chi connectivity index (χ2v) is 24.0. The van der Waals surface area contributed by atoms with Crippen LogP contribution in [0.15, 0.2) is 72.9 Å². The highest BCUT2D eigenvalue weighted by molar-refractivity contribution is 7.13. The maximum atomic E-state index is 14.9. The lowest BCUT2D eigenvalue weighted by atomic mass is 9.85. The number of thiazole rings is 1. The Morgan fingerprint density at radius 3 is 2.41 bits per heavy atom. The van der Waals surface area contributed by atoms with Crippen LogP contribution < -0.4 is 31.3 Å². The number of imidazole rings is 1. The minimum atomic E-state index is -2.70. The number of rotatable bonds is 21. The Balaban J connectivity index is 0.729. The summed E-state index contributed by atoms with van der Waals surface area (Å²) in [5.41, 5.74) is 12.3. The molecule has 3 aliphatic heterocycles. The molecule has 22 heteroatoms. The maximum Gasteiger partial charge on any atom is 0.258 e. The zero-order chi connectivity index (χ0) is 57.6. The number of aromatic nitrogens is 6. The normalized spacial score (nSPS) is 20.0. The average molecular weight is 1140 g/mol. The number of alkyl halides is 2. The number of unbranched alkanes of at least 4 members (excludes halogenated alkanes) is 3. The topological polar surface area (TPSA) is 222 Å². The molecule has 0 aliphatic carbocycles. The van der Waals surface area contributed by atoms with Crippen LogP contribution in [0.4, 0.5) is 24.7 Å². The first-order valence-electron chi connectivity index (χ1n) is 28.2. The number of fused-ring (bicyclic) bond motifs is 1. The van der Waals surface area contributed by atoms with Gasteiger partial charge in [0.1, 0.15) is 23.9 Å². The van der Waals surface area contributed by atoms with Gasteiger partial charge in [0.05, 0.1) is 71.3 Å². The van der Waals surface area contributed by atoms with Crippen molar-refractivity contribution in [2.24, 2.45) is 11.1 Å². The van der Waals surface area contributed by atoms with Gasteiger partial charge in [0.15, 0.2) is 23.0 Å². The van der Waals surface area contributed by atoms with Crippen molar-refractivity contribution in [3.63, 3.8) is 0 Å². The van der Waals surface area contributed by atoms with Crippen molar-refractivity contribution in [1.29, 1.82) is 0 Å². The van der Waals surface area contributed by atoms with Gasteiger partial charge in [0, 0.05) is 57.2 Å². The van der Waals surface area contributed by atoms with E-state index in [9.17, 15) is 32.7 Å². The van der Waals surface area contributed by atoms with Crippen LogP contribution in [0, 0.1) is 18.2 Å². The number of benzene rings is 2. The number of carbonyl (C=O) groups excluding carboxylic acids is 3. The van der Waals surface area contributed by atoms with E-state index in [1.807, 2.05) is 79.9 Å². The van der Waals surface area contributed by atoms with Gasteiger partial charge in [-0.1, -0.05) is 57.9 Å². The molecule has 0 spiro atoms. The van der Waals surface area contributed by atoms with Crippen LogP contribution in [0.25, 0.3) is 32.9 Å². The molecule has 6 aromatic rings. The monoisotopic (exact) mass is 1140 g/mol. The third kappa shape index (κ3) is 14.0. The number of anilines is 2. The van der Waals surface area contributed by atoms with E-state index < -0.39 is 41.4 Å². The molecule has 9 rings (SSSR count). The van der Waals surface area contributed by atoms with Gasteiger partial charge >= 0.3 is 0 Å². The zero-order valence-electron chi connectivity index (χ0n) is 47.1. The summed E-state index contributed by atoms with van der Waals surface area (Å²) in [4.78, 5) is 71.2. The molecule has 3 fully saturated rings. The standard InChI is InChI=1S/C59H76F3N13O5S/c1-36(38-13-15-39(16-14-38)51-37(2)68-35-81-51)69-55(78)46-28-43(76)31-75(46)56(79)52(58(3,4)5)71-49(77)12-9-7-8-10-22-72-24-19-42(20-25-72)70-53-50-54(66-33-65-53)74(34-67-50)30-41-27-45(40-17-18-48(80-6)44(60)26-40)64-29-47(41)73-23-11-21-59(63,32-73)57(61)62/h13-18,26-27,29,33-36,42-43,46,52,57,76H,7-12,19-25,28,30-32,63H2,1-6H3,(H,69,78)(H,71,77)(H,65,66,70)/t36-,43+,46-,52+,59+/m0/s1. The Morgan fingerprint density at radius 1 is 0.951 bits per heavy atom. The quantitative estimate of drug-likeness (QED) is 0.0428. The van der Waals surface area contributed by atoms with Crippen molar-refractivity contribution >= 4 is 51.7 Å². The van der Waals surface area contributed by atoms with Gasteiger partial charge in [-0.25, -0.2) is 33.1 Å². The van der Waals surface area contributed by atoms with E-state index in [0.29, 0.717) is 53.3 Å². The van der Waals surface area contributed by atoms with Crippen LogP contribution in [-0.4, -0.2) is 145 Å². The molecule has 0 bridgehead atoms. The van der Waals surface area contributed by atoms with Crippen LogP contribution in [0.1, 0.15) is 115 Å². The SMILES string of the molecule is COc1ccc(-c2cc(Cn3cnc4c(NC5CCN(CCCCCCC(=O)N[C@H](C(=O)N6C[C@H](O)C[C@H]6C(=O)N[C@@H](C)c6ccc(-c7scnc7C)cc6)C(C)(C)C)CC5)ncnc43)c(N3CCC[C@](N)(C(F)F)C3)cn2)cc1F. The molecular formula is C59H76F3N13O5S. The number of aliphatic hydroxyl groups excluding tert-OH is 1. The van der Waals surface area contributed by atoms with Crippen molar-refractivity contribution in [3.8, 4) is 27.4 Å². The summed E-state index contributed by atoms with van der Waals surface area (Å²) in [6.45, 7) is 13.0. The van der Waals surface area contributed by atoms with Crippen molar-refractivity contribution in [2.45, 2.75) is 148 Å². The summed E-state index contributed by atoms with van der Waals surface area (Å²) in [6.07, 6.45) is 7.62. The molecular weight excluding hydrogens is 1060 g/mol. The van der Waals surface area contributed by atoms with Crippen molar-refractivity contribution in [2.75, 3.05) is 56.6 Å². The summed E-state index contributed by atoms with van der Waals surface area (Å²) in [6, 6.07) is 12.5. The summed E-state index contributed by atoms with van der Waals surface area (Å²) in [7, 11) is 1.40. The predicted octanol–water partition coefficient (Wildman–Crippen LogP) is 8.28. The van der Waals surface area contributed by atoms with E-state index in [2.05, 4.69) is 40.8 Å². The number of β-amino-alcohol motifs (C(OH)–C–C–N with tert-alkyl or cyclic N) is 1. The number of hydrogen-bond donors (Lipinski definition) is 5. The Bertz CT molecular complexity index is 3150. The molecule has 4 aromatic heterocycles. The number of methoxy groups -OCH3 is 1. The smallest absolute Gasteiger partial charge is 0.258 e. The highest BCUT2D eigenvalue weighted by atomic mass is 32.1. The van der Waals surface area contributed by atoms with Crippen molar-refractivity contribution < 1.29 is 37.4 Å². The van der Waals surface area contributed by atoms with E-state index in [0.717, 1.165) is 79.0 Å². The molecule has 3 saturated heterocycles. The predicted molar refractivity (Wildman–Crippen MR) is 308 cm³/mol. The zero-order valence-corrected chi connectivity index (χ0v) is 48.0. The molecule has 81 heavy (non-hydrogen) atoms. The first kappa shape index (κ1) is 58.9. The number of aliphatic hydroxyl groups is 1. The van der Waals surface area contributed by atoms with Gasteiger partial charge in [-0.2, -0.15) is 0 Å². The number of pyridine rings is 1. The number of aryl methyl sites for hydroxylation is 1. The molecule has 0 unspecified atom stereocenters. The van der Waals surface area contributed by atoms with Gasteiger partial charge in [-0.3, -0.25) is 19.4 Å². The summed E-state index contributed by atoms with van der Waals surface area (Å²) >= 11 is 1.58. The summed E-state index contributed by atoms with van der Waals surface area (Å²) < 4.78 is 50.3. The highest BCUT2D eigenvalue weighted by Gasteiger charge is 2.45. The minimum Gasteiger partial charge on any atom is -0.494 e. The molecule has 2 aromatic carbocycles. The number of likely N-dealkylation sites (tertiary alicyclic amines) is 2. The fraction of sp³-hybridized carbons (Fsp3) is 0.525. The van der Waals surface area contributed by atoms with Gasteiger partial charge < -0.3 is 50.8 Å². The van der Waals surface area contributed by atoms with Gasteiger partial charge in [0.25, 0.3) is 6.43 Å². The number of nitrogens with two attached hydrogens (primary N) is 1. The third-order valence-corrected chi connectivity index (χ3v) is 17.1. The lowest BCUT2D eigenvalue weighted by Crippen LogP contribution is -2.59. The average Bonchev–Trinajstić information content (AvgIpc) is 4.44.